The lowest BCUT2D eigenvalue weighted by molar-refractivity contribution is -0.384. The van der Waals surface area contributed by atoms with Crippen molar-refractivity contribution >= 4 is 17.3 Å². The Hall–Kier alpha value is -2.89. The number of carboxylic acids is 1. The van der Waals surface area contributed by atoms with Gasteiger partial charge in [-0.2, -0.15) is 0 Å². The molecule has 5 rings (SSSR count). The van der Waals surface area contributed by atoms with Gasteiger partial charge in [0.25, 0.3) is 5.69 Å². The maximum Gasteiger partial charge on any atom is 0.335 e. The van der Waals surface area contributed by atoms with E-state index in [9.17, 15) is 20.0 Å². The van der Waals surface area contributed by atoms with Crippen LogP contribution in [0, 0.1) is 27.9 Å². The van der Waals surface area contributed by atoms with Crippen molar-refractivity contribution in [2.24, 2.45) is 17.8 Å². The van der Waals surface area contributed by atoms with E-state index in [1.54, 1.807) is 18.2 Å². The van der Waals surface area contributed by atoms with Gasteiger partial charge in [0.05, 0.1) is 16.5 Å². The fourth-order valence-electron chi connectivity index (χ4n) is 5.78. The van der Waals surface area contributed by atoms with Crippen molar-refractivity contribution < 1.29 is 14.8 Å². The van der Waals surface area contributed by atoms with Gasteiger partial charge in [0.1, 0.15) is 0 Å². The van der Waals surface area contributed by atoms with Crippen molar-refractivity contribution in [2.75, 3.05) is 5.32 Å². The van der Waals surface area contributed by atoms with Crippen molar-refractivity contribution in [1.82, 2.24) is 0 Å². The molecule has 138 valence electrons. The minimum Gasteiger partial charge on any atom is -0.478 e. The minimum atomic E-state index is -0.904. The second-order valence-electron chi connectivity index (χ2n) is 8.02. The molecule has 27 heavy (non-hydrogen) atoms. The van der Waals surface area contributed by atoms with Crippen molar-refractivity contribution in [3.8, 4) is 0 Å². The molecule has 0 unspecified atom stereocenters. The Morgan fingerprint density at radius 2 is 1.96 bits per heavy atom. The summed E-state index contributed by atoms with van der Waals surface area (Å²) in [6.45, 7) is 0. The molecule has 2 aromatic carbocycles. The number of nitrogens with zero attached hydrogens (tertiary/aromatic N) is 1. The molecule has 2 N–H and O–H groups in total. The van der Waals surface area contributed by atoms with E-state index in [0.717, 1.165) is 16.8 Å². The van der Waals surface area contributed by atoms with Crippen LogP contribution in [0.2, 0.25) is 0 Å². The number of carbonyl (C=O) groups is 1. The molecular weight excluding hydrogens is 344 g/mol. The average molecular weight is 364 g/mol. The third-order valence-corrected chi connectivity index (χ3v) is 6.77. The maximum atomic E-state index is 11.4. The molecule has 0 saturated heterocycles. The fraction of sp³-hybridized carbons (Fsp3) is 0.381. The van der Waals surface area contributed by atoms with Crippen LogP contribution in [0.25, 0.3) is 0 Å². The molecule has 0 spiro atoms. The molecule has 2 bridgehead atoms. The molecule has 0 radical (unpaired) electrons. The predicted molar refractivity (Wildman–Crippen MR) is 99.9 cm³/mol. The third kappa shape index (κ3) is 2.43. The van der Waals surface area contributed by atoms with Gasteiger partial charge >= 0.3 is 5.97 Å². The number of fused-ring (bicyclic) bond motifs is 7. The number of anilines is 1. The number of benzene rings is 2. The summed E-state index contributed by atoms with van der Waals surface area (Å²) in [6, 6.07) is 12.2. The van der Waals surface area contributed by atoms with Crippen LogP contribution in [0.5, 0.6) is 0 Å². The highest BCUT2D eigenvalue weighted by atomic mass is 16.6. The van der Waals surface area contributed by atoms with E-state index in [1.807, 2.05) is 18.2 Å². The van der Waals surface area contributed by atoms with Crippen LogP contribution in [-0.2, 0) is 0 Å². The first-order valence-corrected chi connectivity index (χ1v) is 9.41. The Morgan fingerprint density at radius 1 is 1.15 bits per heavy atom. The Balaban J connectivity index is 1.62. The maximum absolute atomic E-state index is 11.4. The van der Waals surface area contributed by atoms with E-state index < -0.39 is 5.97 Å². The molecular formula is C21H20N2O4. The Bertz CT molecular complexity index is 957. The molecule has 2 aromatic rings. The standard InChI is InChI=1S/C21H20N2O4/c24-21(25)14-6-7-17-16(10-14)18-11-4-5-12(8-11)19(18)20(22-17)13-2-1-3-15(9-13)23(26)27/h1-3,6-7,9-12,18-20,22H,4-5,8H2,(H,24,25)/t11-,12-,18-,19+,20-/m0/s1. The van der Waals surface area contributed by atoms with E-state index in [4.69, 9.17) is 0 Å². The lowest BCUT2D eigenvalue weighted by atomic mass is 9.68. The molecule has 2 aliphatic carbocycles. The first-order valence-electron chi connectivity index (χ1n) is 9.41. The van der Waals surface area contributed by atoms with Crippen LogP contribution in [0.3, 0.4) is 0 Å². The highest BCUT2D eigenvalue weighted by Gasteiger charge is 2.53. The summed E-state index contributed by atoms with van der Waals surface area (Å²) in [4.78, 5) is 22.3. The number of nitrogens with one attached hydrogen (secondary N) is 1. The quantitative estimate of drug-likeness (QED) is 0.614. The van der Waals surface area contributed by atoms with Crippen LogP contribution in [0.15, 0.2) is 42.5 Å². The number of nitro groups is 1. The van der Waals surface area contributed by atoms with Gasteiger partial charge in [0, 0.05) is 17.8 Å². The molecule has 6 nitrogen and oxygen atoms in total. The van der Waals surface area contributed by atoms with Gasteiger partial charge < -0.3 is 10.4 Å². The fourth-order valence-corrected chi connectivity index (χ4v) is 5.78. The van der Waals surface area contributed by atoms with Crippen molar-refractivity contribution in [3.63, 3.8) is 0 Å². The van der Waals surface area contributed by atoms with Gasteiger partial charge in [-0.25, -0.2) is 4.79 Å². The van der Waals surface area contributed by atoms with E-state index in [-0.39, 0.29) is 16.7 Å². The molecule has 3 aliphatic rings. The monoisotopic (exact) mass is 364 g/mol. The zero-order valence-electron chi connectivity index (χ0n) is 14.7. The van der Waals surface area contributed by atoms with Gasteiger partial charge in [0.2, 0.25) is 0 Å². The van der Waals surface area contributed by atoms with E-state index >= 15 is 0 Å². The highest BCUT2D eigenvalue weighted by Crippen LogP contribution is 2.63. The van der Waals surface area contributed by atoms with Crippen molar-refractivity contribution in [3.05, 3.63) is 69.3 Å². The number of nitro benzene ring substituents is 1. The molecule has 0 aromatic heterocycles. The van der Waals surface area contributed by atoms with Crippen LogP contribution in [0.4, 0.5) is 11.4 Å². The van der Waals surface area contributed by atoms with Gasteiger partial charge in [-0.05, 0) is 72.3 Å². The van der Waals surface area contributed by atoms with Gasteiger partial charge in [-0.3, -0.25) is 10.1 Å². The molecule has 1 aliphatic heterocycles. The van der Waals surface area contributed by atoms with Gasteiger partial charge in [-0.1, -0.05) is 12.1 Å². The molecule has 2 fully saturated rings. The zero-order valence-corrected chi connectivity index (χ0v) is 14.7. The van der Waals surface area contributed by atoms with Gasteiger partial charge in [-0.15, -0.1) is 0 Å². The van der Waals surface area contributed by atoms with Crippen LogP contribution in [-0.4, -0.2) is 16.0 Å². The van der Waals surface area contributed by atoms with Crippen LogP contribution in [0.1, 0.15) is 52.7 Å². The first kappa shape index (κ1) is 16.3. The lowest BCUT2D eigenvalue weighted by Crippen LogP contribution is -2.35. The SMILES string of the molecule is O=C(O)c1ccc2c(c1)[C@@H]1[C@H]3CC[C@@H](C3)[C@H]1[C@H](c1cccc([N+](=O)[O-])c1)N2. The van der Waals surface area contributed by atoms with E-state index in [1.165, 1.54) is 25.3 Å². The van der Waals surface area contributed by atoms with Crippen molar-refractivity contribution in [2.45, 2.75) is 31.2 Å². The number of hydrogen-bond donors (Lipinski definition) is 2. The normalized spacial score (nSPS) is 30.3. The predicted octanol–water partition coefficient (Wildman–Crippen LogP) is 4.59. The second-order valence-corrected chi connectivity index (χ2v) is 8.02. The number of rotatable bonds is 3. The largest absolute Gasteiger partial charge is 0.478 e. The molecule has 0 amide bonds. The summed E-state index contributed by atoms with van der Waals surface area (Å²) in [7, 11) is 0. The summed E-state index contributed by atoms with van der Waals surface area (Å²) in [5.41, 5.74) is 3.45. The van der Waals surface area contributed by atoms with Crippen LogP contribution >= 0.6 is 0 Å². The Labute approximate surface area is 156 Å². The summed E-state index contributed by atoms with van der Waals surface area (Å²) < 4.78 is 0. The molecule has 6 heteroatoms. The topological polar surface area (TPSA) is 92.5 Å². The summed E-state index contributed by atoms with van der Waals surface area (Å²) >= 11 is 0. The second kappa shape index (κ2) is 5.81. The Kier molecular flexibility index (Phi) is 3.50. The summed E-state index contributed by atoms with van der Waals surface area (Å²) in [6.07, 6.45) is 3.54. The van der Waals surface area contributed by atoms with Crippen LogP contribution < -0.4 is 5.32 Å². The van der Waals surface area contributed by atoms with E-state index in [0.29, 0.717) is 29.2 Å². The number of aromatic carboxylic acids is 1. The minimum absolute atomic E-state index is 0.0216. The zero-order chi connectivity index (χ0) is 18.7. The van der Waals surface area contributed by atoms with E-state index in [2.05, 4.69) is 5.32 Å². The first-order chi connectivity index (χ1) is 13.0. The third-order valence-electron chi connectivity index (χ3n) is 6.77. The summed E-state index contributed by atoms with van der Waals surface area (Å²) in [5.74, 6) is 0.925. The molecule has 5 atom stereocenters. The Morgan fingerprint density at radius 3 is 2.74 bits per heavy atom. The lowest BCUT2D eigenvalue weighted by Gasteiger charge is -2.43. The molecule has 1 heterocycles. The average Bonchev–Trinajstić information content (AvgIpc) is 3.29. The smallest absolute Gasteiger partial charge is 0.335 e. The summed E-state index contributed by atoms with van der Waals surface area (Å²) in [5, 5.41) is 24.2. The number of carboxylic acid groups (broad SMARTS) is 1. The highest BCUT2D eigenvalue weighted by molar-refractivity contribution is 5.88. The molecule has 2 saturated carbocycles. The number of hydrogen-bond acceptors (Lipinski definition) is 4. The van der Waals surface area contributed by atoms with Gasteiger partial charge in [0.15, 0.2) is 0 Å². The number of non-ortho nitro benzene ring substituents is 1. The van der Waals surface area contributed by atoms with Crippen molar-refractivity contribution in [1.29, 1.82) is 0 Å².